The predicted molar refractivity (Wildman–Crippen MR) is 81.3 cm³/mol. The van der Waals surface area contributed by atoms with E-state index in [0.29, 0.717) is 12.2 Å². The van der Waals surface area contributed by atoms with Crippen LogP contribution in [0.1, 0.15) is 0 Å². The summed E-state index contributed by atoms with van der Waals surface area (Å²) >= 11 is 0. The molecule has 2 aromatic heterocycles. The summed E-state index contributed by atoms with van der Waals surface area (Å²) in [5.41, 5.74) is 5.65. The van der Waals surface area contributed by atoms with Crippen molar-refractivity contribution in [1.29, 1.82) is 0 Å². The molecule has 0 bridgehead atoms. The van der Waals surface area contributed by atoms with Crippen LogP contribution in [-0.4, -0.2) is 57.4 Å². The van der Waals surface area contributed by atoms with Crippen LogP contribution in [0.3, 0.4) is 0 Å². The number of aromatic amines is 1. The molecule has 2 atom stereocenters. The van der Waals surface area contributed by atoms with Crippen LogP contribution >= 0.6 is 8.25 Å². The fraction of sp³-hybridized carbons (Fsp3) is 0.545. The molecular weight excluding hydrogens is 329 g/mol. The number of imidazole rings is 1. The van der Waals surface area contributed by atoms with Crippen molar-refractivity contribution >= 4 is 25.4 Å². The highest BCUT2D eigenvalue weighted by atomic mass is 31.1. The first-order valence-electron chi connectivity index (χ1n) is 6.68. The van der Waals surface area contributed by atoms with Gasteiger partial charge in [-0.3, -0.25) is 14.3 Å². The molecule has 2 aromatic rings. The van der Waals surface area contributed by atoms with Gasteiger partial charge in [0.15, 0.2) is 11.2 Å². The summed E-state index contributed by atoms with van der Waals surface area (Å²) in [5.74, 6) is 0.00361. The second-order valence-corrected chi connectivity index (χ2v) is 5.41. The van der Waals surface area contributed by atoms with Crippen molar-refractivity contribution in [3.05, 3.63) is 16.7 Å². The highest BCUT2D eigenvalue weighted by Crippen LogP contribution is 2.15. The van der Waals surface area contributed by atoms with Crippen LogP contribution in [0.25, 0.3) is 11.2 Å². The van der Waals surface area contributed by atoms with Crippen LogP contribution in [0.15, 0.2) is 11.1 Å². The van der Waals surface area contributed by atoms with E-state index in [9.17, 15) is 9.36 Å². The molecule has 0 aliphatic rings. The number of fused-ring (bicyclic) bond motifs is 1. The van der Waals surface area contributed by atoms with Gasteiger partial charge in [-0.15, -0.1) is 0 Å². The SMILES string of the molecule is COCC(CO[PH](=O)O)OCCn1cnc2c(=O)[nH]c(N)nc21. The number of rotatable bonds is 9. The molecule has 0 radical (unpaired) electrons. The molecule has 2 unspecified atom stereocenters. The largest absolute Gasteiger partial charge is 0.382 e. The molecule has 0 amide bonds. The number of nitrogens with two attached hydrogens (primary N) is 1. The second-order valence-electron chi connectivity index (χ2n) is 4.59. The summed E-state index contributed by atoms with van der Waals surface area (Å²) in [7, 11) is -1.53. The van der Waals surface area contributed by atoms with Gasteiger partial charge < -0.3 is 29.2 Å². The van der Waals surface area contributed by atoms with Gasteiger partial charge in [0.25, 0.3) is 5.56 Å². The van der Waals surface area contributed by atoms with Gasteiger partial charge in [-0.1, -0.05) is 0 Å². The number of nitrogens with one attached hydrogen (secondary N) is 1. The molecule has 0 saturated heterocycles. The fourth-order valence-corrected chi connectivity index (χ4v) is 2.28. The first-order chi connectivity index (χ1) is 11.0. The zero-order chi connectivity index (χ0) is 16.8. The van der Waals surface area contributed by atoms with E-state index in [1.165, 1.54) is 13.4 Å². The van der Waals surface area contributed by atoms with Gasteiger partial charge in [-0.2, -0.15) is 4.98 Å². The van der Waals surface area contributed by atoms with E-state index in [1.54, 1.807) is 4.57 Å². The van der Waals surface area contributed by atoms with E-state index >= 15 is 0 Å². The highest BCUT2D eigenvalue weighted by Gasteiger charge is 2.12. The van der Waals surface area contributed by atoms with Gasteiger partial charge in [0.2, 0.25) is 5.95 Å². The van der Waals surface area contributed by atoms with E-state index in [4.69, 9.17) is 20.1 Å². The fourth-order valence-electron chi connectivity index (χ4n) is 1.95. The lowest BCUT2D eigenvalue weighted by molar-refractivity contribution is -0.0282. The van der Waals surface area contributed by atoms with Crippen molar-refractivity contribution in [2.75, 3.05) is 32.7 Å². The third kappa shape index (κ3) is 4.85. The molecule has 2 rings (SSSR count). The Morgan fingerprint density at radius 1 is 1.52 bits per heavy atom. The Morgan fingerprint density at radius 2 is 2.30 bits per heavy atom. The second kappa shape index (κ2) is 8.18. The standard InChI is InChI=1S/C11H18N5O6P/c1-20-4-7(5-22-23(18)19)21-3-2-16-6-13-8-9(16)14-11(12)15-10(8)17/h6-7,23H,2-5H2,1H3,(H,18,19)(H3,12,14,15,17). The van der Waals surface area contributed by atoms with Crippen LogP contribution in [0, 0.1) is 0 Å². The molecule has 0 spiro atoms. The Hall–Kier alpha value is -1.78. The Morgan fingerprint density at radius 3 is 3.00 bits per heavy atom. The number of nitrogens with zero attached hydrogens (tertiary/aromatic N) is 3. The maximum absolute atomic E-state index is 11.7. The lowest BCUT2D eigenvalue weighted by Gasteiger charge is -2.16. The molecule has 128 valence electrons. The summed E-state index contributed by atoms with van der Waals surface area (Å²) in [4.78, 5) is 30.7. The lowest BCUT2D eigenvalue weighted by atomic mass is 10.4. The van der Waals surface area contributed by atoms with Crippen molar-refractivity contribution < 1.29 is 23.5 Å². The molecule has 2 heterocycles. The average Bonchev–Trinajstić information content (AvgIpc) is 2.88. The molecule has 23 heavy (non-hydrogen) atoms. The minimum Gasteiger partial charge on any atom is -0.382 e. The summed E-state index contributed by atoms with van der Waals surface area (Å²) in [6.45, 7) is 0.757. The van der Waals surface area contributed by atoms with Crippen molar-refractivity contribution in [3.8, 4) is 0 Å². The number of anilines is 1. The van der Waals surface area contributed by atoms with Gasteiger partial charge >= 0.3 is 8.25 Å². The van der Waals surface area contributed by atoms with E-state index in [1.807, 2.05) is 0 Å². The van der Waals surface area contributed by atoms with Crippen molar-refractivity contribution in [1.82, 2.24) is 19.5 Å². The molecule has 4 N–H and O–H groups in total. The quantitative estimate of drug-likeness (QED) is 0.491. The first kappa shape index (κ1) is 17.6. The van der Waals surface area contributed by atoms with Crippen LogP contribution < -0.4 is 11.3 Å². The van der Waals surface area contributed by atoms with Crippen LogP contribution in [0.5, 0.6) is 0 Å². The van der Waals surface area contributed by atoms with Gasteiger partial charge in [-0.05, 0) is 0 Å². The van der Waals surface area contributed by atoms with Gasteiger partial charge in [0, 0.05) is 13.7 Å². The number of methoxy groups -OCH3 is 1. The highest BCUT2D eigenvalue weighted by molar-refractivity contribution is 7.32. The maximum Gasteiger partial charge on any atom is 0.316 e. The minimum absolute atomic E-state index is 0.00361. The summed E-state index contributed by atoms with van der Waals surface area (Å²) in [5, 5.41) is 0. The molecule has 0 fully saturated rings. The maximum atomic E-state index is 11.7. The number of ether oxygens (including phenoxy) is 2. The molecule has 12 heteroatoms. The van der Waals surface area contributed by atoms with Crippen LogP contribution in [-0.2, 0) is 25.1 Å². The Labute approximate surface area is 131 Å². The smallest absolute Gasteiger partial charge is 0.316 e. The summed E-state index contributed by atoms with van der Waals surface area (Å²) < 4.78 is 27.3. The van der Waals surface area contributed by atoms with Crippen LogP contribution in [0.2, 0.25) is 0 Å². The predicted octanol–water partition coefficient (Wildman–Crippen LogP) is -0.868. The van der Waals surface area contributed by atoms with E-state index in [0.717, 1.165) is 0 Å². The number of aromatic nitrogens is 4. The van der Waals surface area contributed by atoms with E-state index < -0.39 is 19.9 Å². The van der Waals surface area contributed by atoms with E-state index in [-0.39, 0.29) is 31.3 Å². The Balaban J connectivity index is 1.97. The molecule has 0 aromatic carbocycles. The number of hydrogen-bond acceptors (Lipinski definition) is 8. The average molecular weight is 347 g/mol. The zero-order valence-electron chi connectivity index (χ0n) is 12.4. The normalized spacial score (nSPS) is 14.2. The van der Waals surface area contributed by atoms with Crippen molar-refractivity contribution in [2.45, 2.75) is 12.6 Å². The molecule has 0 aliphatic heterocycles. The van der Waals surface area contributed by atoms with Gasteiger partial charge in [0.05, 0.1) is 26.1 Å². The third-order valence-electron chi connectivity index (χ3n) is 2.92. The Bertz CT molecular complexity index is 731. The van der Waals surface area contributed by atoms with E-state index in [2.05, 4.69) is 19.5 Å². The molecule has 0 saturated carbocycles. The van der Waals surface area contributed by atoms with Crippen molar-refractivity contribution in [3.63, 3.8) is 0 Å². The van der Waals surface area contributed by atoms with Crippen molar-refractivity contribution in [2.24, 2.45) is 0 Å². The Kier molecular flexibility index (Phi) is 6.25. The minimum atomic E-state index is -3.02. The van der Waals surface area contributed by atoms with Crippen LogP contribution in [0.4, 0.5) is 5.95 Å². The lowest BCUT2D eigenvalue weighted by Crippen LogP contribution is -2.25. The van der Waals surface area contributed by atoms with Gasteiger partial charge in [0.1, 0.15) is 6.10 Å². The third-order valence-corrected chi connectivity index (χ3v) is 3.34. The summed E-state index contributed by atoms with van der Waals surface area (Å²) in [6, 6.07) is 0. The number of H-pyrrole nitrogens is 1. The molecule has 0 aliphatic carbocycles. The number of nitrogen functional groups attached to an aromatic ring is 1. The monoisotopic (exact) mass is 347 g/mol. The molecular formula is C11H18N5O6P. The topological polar surface area (TPSA) is 155 Å². The molecule has 11 nitrogen and oxygen atoms in total. The van der Waals surface area contributed by atoms with Gasteiger partial charge in [-0.25, -0.2) is 4.98 Å². The first-order valence-corrected chi connectivity index (χ1v) is 7.94. The zero-order valence-corrected chi connectivity index (χ0v) is 13.4. The number of hydrogen-bond donors (Lipinski definition) is 3. The summed E-state index contributed by atoms with van der Waals surface area (Å²) in [6.07, 6.45) is 0.974.